The molecule has 1 aromatic rings. The number of rotatable bonds is 0. The molecule has 94 valence electrons. The number of carbonyl (C=O) groups is 2. The van der Waals surface area contributed by atoms with Crippen molar-refractivity contribution in [2.75, 3.05) is 0 Å². The Morgan fingerprint density at radius 1 is 0.778 bits per heavy atom. The highest BCUT2D eigenvalue weighted by atomic mass is 16.4. The Labute approximate surface area is 102 Å². The van der Waals surface area contributed by atoms with Crippen LogP contribution in [0.3, 0.4) is 0 Å². The van der Waals surface area contributed by atoms with Gasteiger partial charge in [-0.3, -0.25) is 0 Å². The van der Waals surface area contributed by atoms with E-state index in [-0.39, 0.29) is 11.0 Å². The molecule has 0 atom stereocenters. The molecule has 6 N–H and O–H groups in total. The summed E-state index contributed by atoms with van der Waals surface area (Å²) in [6, 6.07) is 6.28. The lowest BCUT2D eigenvalue weighted by Crippen LogP contribution is -1.88. The summed E-state index contributed by atoms with van der Waals surface area (Å²) >= 11 is 0. The van der Waals surface area contributed by atoms with Crippen molar-refractivity contribution in [2.24, 2.45) is 0 Å². The predicted octanol–water partition coefficient (Wildman–Crippen LogP) is -1.09. The predicted molar refractivity (Wildman–Crippen MR) is 62.7 cm³/mol. The summed E-state index contributed by atoms with van der Waals surface area (Å²) in [5.74, 6) is 6.38. The molecule has 0 spiro atoms. The fourth-order valence-corrected chi connectivity index (χ4v) is 0.888. The molecule has 0 amide bonds. The van der Waals surface area contributed by atoms with Crippen LogP contribution in [0.25, 0.3) is 0 Å². The molecule has 0 aliphatic rings. The zero-order valence-corrected chi connectivity index (χ0v) is 9.02. The molecule has 18 heavy (non-hydrogen) atoms. The quantitative estimate of drug-likeness (QED) is 0.565. The Kier molecular flexibility index (Phi) is 8.17. The summed E-state index contributed by atoms with van der Waals surface area (Å²) in [5, 5.41) is 16.6. The minimum absolute atomic E-state index is 0. The normalized spacial score (nSPS) is 7.11. The van der Waals surface area contributed by atoms with Crippen LogP contribution >= 0.6 is 0 Å². The van der Waals surface area contributed by atoms with E-state index in [0.29, 0.717) is 11.1 Å². The number of carboxylic acids is 2. The van der Waals surface area contributed by atoms with Crippen molar-refractivity contribution in [1.82, 2.24) is 0 Å². The molecule has 0 saturated carbocycles. The van der Waals surface area contributed by atoms with Gasteiger partial charge in [-0.1, -0.05) is 11.8 Å². The molecule has 0 aromatic heterocycles. The Bertz CT molecular complexity index is 485. The van der Waals surface area contributed by atoms with Gasteiger partial charge in [0.25, 0.3) is 0 Å². The Hall–Kier alpha value is -2.80. The van der Waals surface area contributed by atoms with Gasteiger partial charge in [0.2, 0.25) is 0 Å². The van der Waals surface area contributed by atoms with Gasteiger partial charge in [0.15, 0.2) is 0 Å². The van der Waals surface area contributed by atoms with Gasteiger partial charge in [0, 0.05) is 23.0 Å². The molecule has 6 nitrogen and oxygen atoms in total. The van der Waals surface area contributed by atoms with E-state index in [0.717, 1.165) is 0 Å². The first-order chi connectivity index (χ1) is 7.58. The minimum Gasteiger partial charge on any atom is -0.472 e. The average Bonchev–Trinajstić information content (AvgIpc) is 2.25. The maximum absolute atomic E-state index is 10.2. The third kappa shape index (κ3) is 6.64. The summed E-state index contributed by atoms with van der Waals surface area (Å²) in [5.41, 5.74) is 1.06. The minimum atomic E-state index is -1.20. The average molecular weight is 250 g/mol. The van der Waals surface area contributed by atoms with Gasteiger partial charge in [0.1, 0.15) is 0 Å². The van der Waals surface area contributed by atoms with Crippen LogP contribution in [0.2, 0.25) is 0 Å². The van der Waals surface area contributed by atoms with Crippen molar-refractivity contribution >= 4 is 11.9 Å². The SMILES string of the molecule is O.O.O=C(O)C#Cc1ccc(C#CC(=O)O)cc1. The maximum Gasteiger partial charge on any atom is 0.382 e. The Balaban J connectivity index is 0. The zero-order chi connectivity index (χ0) is 12.0. The van der Waals surface area contributed by atoms with Gasteiger partial charge < -0.3 is 21.2 Å². The first kappa shape index (κ1) is 17.6. The van der Waals surface area contributed by atoms with Gasteiger partial charge in [-0.25, -0.2) is 9.59 Å². The monoisotopic (exact) mass is 250 g/mol. The molecule has 0 bridgehead atoms. The second kappa shape index (κ2) is 8.36. The molecule has 1 rings (SSSR count). The molecule has 0 radical (unpaired) electrons. The number of hydrogen-bond acceptors (Lipinski definition) is 2. The Morgan fingerprint density at radius 2 is 1.06 bits per heavy atom. The van der Waals surface area contributed by atoms with E-state index in [2.05, 4.69) is 11.8 Å². The highest BCUT2D eigenvalue weighted by molar-refractivity contribution is 5.87. The fraction of sp³-hybridized carbons (Fsp3) is 0. The van der Waals surface area contributed by atoms with Crippen LogP contribution in [0.5, 0.6) is 0 Å². The second-order valence-electron chi connectivity index (χ2n) is 2.69. The molecule has 0 unspecified atom stereocenters. The van der Waals surface area contributed by atoms with Crippen LogP contribution in [0.1, 0.15) is 11.1 Å². The summed E-state index contributed by atoms with van der Waals surface area (Å²) in [4.78, 5) is 20.3. The van der Waals surface area contributed by atoms with Gasteiger partial charge in [-0.15, -0.1) is 0 Å². The molecular formula is C12H10O6. The van der Waals surface area contributed by atoms with Crippen molar-refractivity contribution in [2.45, 2.75) is 0 Å². The van der Waals surface area contributed by atoms with E-state index in [4.69, 9.17) is 10.2 Å². The van der Waals surface area contributed by atoms with Crippen LogP contribution in [-0.4, -0.2) is 33.1 Å². The molecule has 0 fully saturated rings. The van der Waals surface area contributed by atoms with Crippen LogP contribution in [0, 0.1) is 23.7 Å². The van der Waals surface area contributed by atoms with E-state index in [1.165, 1.54) is 0 Å². The lowest BCUT2D eigenvalue weighted by Gasteiger charge is -1.90. The van der Waals surface area contributed by atoms with Gasteiger partial charge >= 0.3 is 11.9 Å². The third-order valence-corrected chi connectivity index (χ3v) is 1.51. The van der Waals surface area contributed by atoms with E-state index in [1.807, 2.05) is 11.8 Å². The zero-order valence-electron chi connectivity index (χ0n) is 9.02. The lowest BCUT2D eigenvalue weighted by atomic mass is 10.1. The highest BCUT2D eigenvalue weighted by Gasteiger charge is 1.90. The molecule has 0 heterocycles. The molecule has 0 aliphatic heterocycles. The molecule has 1 aromatic carbocycles. The lowest BCUT2D eigenvalue weighted by molar-refractivity contribution is -0.131. The van der Waals surface area contributed by atoms with Crippen LogP contribution in [0.15, 0.2) is 24.3 Å². The standard InChI is InChI=1S/C12H6O4.2H2O/c13-11(14)7-5-9-1-2-10(4-3-9)6-8-12(15)16;;/h1-4H,(H,13,14)(H,15,16);2*1H2. The third-order valence-electron chi connectivity index (χ3n) is 1.51. The fourth-order valence-electron chi connectivity index (χ4n) is 0.888. The maximum atomic E-state index is 10.2. The number of carboxylic acid groups (broad SMARTS) is 2. The molecular weight excluding hydrogens is 240 g/mol. The van der Waals surface area contributed by atoms with E-state index in [9.17, 15) is 9.59 Å². The smallest absolute Gasteiger partial charge is 0.382 e. The molecule has 0 aliphatic carbocycles. The molecule has 0 saturated heterocycles. The van der Waals surface area contributed by atoms with Crippen molar-refractivity contribution in [3.8, 4) is 23.7 Å². The Morgan fingerprint density at radius 3 is 1.28 bits per heavy atom. The first-order valence-electron chi connectivity index (χ1n) is 4.18. The van der Waals surface area contributed by atoms with Crippen molar-refractivity contribution in [3.63, 3.8) is 0 Å². The van der Waals surface area contributed by atoms with E-state index in [1.54, 1.807) is 24.3 Å². The second-order valence-corrected chi connectivity index (χ2v) is 2.69. The largest absolute Gasteiger partial charge is 0.472 e. The number of benzene rings is 1. The molecule has 6 heteroatoms. The van der Waals surface area contributed by atoms with Gasteiger partial charge in [0.05, 0.1) is 0 Å². The number of hydrogen-bond donors (Lipinski definition) is 2. The first-order valence-corrected chi connectivity index (χ1v) is 4.18. The van der Waals surface area contributed by atoms with E-state index < -0.39 is 11.9 Å². The van der Waals surface area contributed by atoms with Gasteiger partial charge in [-0.2, -0.15) is 0 Å². The van der Waals surface area contributed by atoms with Crippen LogP contribution < -0.4 is 0 Å². The van der Waals surface area contributed by atoms with Gasteiger partial charge in [-0.05, 0) is 24.3 Å². The topological polar surface area (TPSA) is 138 Å². The summed E-state index contributed by atoms with van der Waals surface area (Å²) in [6.45, 7) is 0. The van der Waals surface area contributed by atoms with Crippen LogP contribution in [-0.2, 0) is 9.59 Å². The summed E-state index contributed by atoms with van der Waals surface area (Å²) in [7, 11) is 0. The summed E-state index contributed by atoms with van der Waals surface area (Å²) < 4.78 is 0. The highest BCUT2D eigenvalue weighted by Crippen LogP contribution is 2.01. The number of aliphatic carboxylic acids is 2. The van der Waals surface area contributed by atoms with Crippen molar-refractivity contribution < 1.29 is 30.8 Å². The summed E-state index contributed by atoms with van der Waals surface area (Å²) in [6.07, 6.45) is 0. The van der Waals surface area contributed by atoms with E-state index >= 15 is 0 Å². The van der Waals surface area contributed by atoms with Crippen molar-refractivity contribution in [3.05, 3.63) is 35.4 Å². The van der Waals surface area contributed by atoms with Crippen LogP contribution in [0.4, 0.5) is 0 Å². The van der Waals surface area contributed by atoms with Crippen molar-refractivity contribution in [1.29, 1.82) is 0 Å².